The summed E-state index contributed by atoms with van der Waals surface area (Å²) in [6.07, 6.45) is 0. The molecule has 0 aromatic heterocycles. The van der Waals surface area contributed by atoms with E-state index in [0.29, 0.717) is 12.1 Å². The standard InChI is InChI=1S/C11H13BrF3NO2S/c1-6(12)11(2,3)16-19(17,18)10-8(14)4-7(13)5-9(10)15/h4-6,16H,1-3H3. The van der Waals surface area contributed by atoms with Crippen molar-refractivity contribution in [1.82, 2.24) is 4.72 Å². The van der Waals surface area contributed by atoms with E-state index in [4.69, 9.17) is 0 Å². The Labute approximate surface area is 118 Å². The van der Waals surface area contributed by atoms with Gasteiger partial charge in [-0.05, 0) is 13.8 Å². The maximum Gasteiger partial charge on any atom is 0.246 e. The van der Waals surface area contributed by atoms with E-state index in [1.807, 2.05) is 0 Å². The number of halogens is 4. The van der Waals surface area contributed by atoms with Gasteiger partial charge in [-0.1, -0.05) is 22.9 Å². The smallest absolute Gasteiger partial charge is 0.207 e. The molecule has 0 amide bonds. The maximum atomic E-state index is 13.5. The summed E-state index contributed by atoms with van der Waals surface area (Å²) in [6.45, 7) is 4.77. The summed E-state index contributed by atoms with van der Waals surface area (Å²) in [5, 5.41) is 0. The molecule has 1 N–H and O–H groups in total. The Morgan fingerprint density at radius 3 is 2.00 bits per heavy atom. The van der Waals surface area contributed by atoms with E-state index in [0.717, 1.165) is 0 Å². The predicted molar refractivity (Wildman–Crippen MR) is 69.1 cm³/mol. The van der Waals surface area contributed by atoms with Gasteiger partial charge in [-0.15, -0.1) is 0 Å². The van der Waals surface area contributed by atoms with Gasteiger partial charge in [0.15, 0.2) is 4.90 Å². The summed E-state index contributed by atoms with van der Waals surface area (Å²) in [6, 6.07) is 0.643. The molecular formula is C11H13BrF3NO2S. The van der Waals surface area contributed by atoms with E-state index in [1.54, 1.807) is 20.8 Å². The summed E-state index contributed by atoms with van der Waals surface area (Å²) >= 11 is 3.20. The predicted octanol–water partition coefficient (Wildman–Crippen LogP) is 2.94. The minimum absolute atomic E-state index is 0.290. The summed E-state index contributed by atoms with van der Waals surface area (Å²) in [7, 11) is -4.44. The number of alkyl halides is 1. The molecule has 0 saturated carbocycles. The Kier molecular flexibility index (Phi) is 4.69. The van der Waals surface area contributed by atoms with Gasteiger partial charge in [0, 0.05) is 22.5 Å². The van der Waals surface area contributed by atoms with Crippen molar-refractivity contribution in [2.75, 3.05) is 0 Å². The second kappa shape index (κ2) is 5.41. The molecule has 0 bridgehead atoms. The topological polar surface area (TPSA) is 46.2 Å². The van der Waals surface area contributed by atoms with Crippen LogP contribution in [0.2, 0.25) is 0 Å². The molecule has 3 nitrogen and oxygen atoms in total. The van der Waals surface area contributed by atoms with Crippen LogP contribution in [0.1, 0.15) is 20.8 Å². The zero-order chi connectivity index (χ0) is 15.0. The van der Waals surface area contributed by atoms with Gasteiger partial charge in [0.2, 0.25) is 10.0 Å². The first-order valence-electron chi connectivity index (χ1n) is 5.30. The van der Waals surface area contributed by atoms with Crippen LogP contribution in [-0.2, 0) is 10.0 Å². The van der Waals surface area contributed by atoms with Gasteiger partial charge in [-0.25, -0.2) is 26.3 Å². The summed E-state index contributed by atoms with van der Waals surface area (Å²) < 4.78 is 65.8. The lowest BCUT2D eigenvalue weighted by atomic mass is 10.0. The van der Waals surface area contributed by atoms with Crippen LogP contribution in [0.15, 0.2) is 17.0 Å². The third kappa shape index (κ3) is 3.70. The van der Waals surface area contributed by atoms with Crippen molar-refractivity contribution in [3.05, 3.63) is 29.6 Å². The van der Waals surface area contributed by atoms with Crippen LogP contribution in [0.3, 0.4) is 0 Å². The zero-order valence-electron chi connectivity index (χ0n) is 10.5. The molecule has 1 aromatic carbocycles. The third-order valence-corrected chi connectivity index (χ3v) is 5.49. The number of nitrogens with one attached hydrogen (secondary N) is 1. The van der Waals surface area contributed by atoms with E-state index in [2.05, 4.69) is 20.7 Å². The molecule has 0 radical (unpaired) electrons. The summed E-state index contributed by atoms with van der Waals surface area (Å²) in [4.78, 5) is -1.48. The fourth-order valence-corrected chi connectivity index (χ4v) is 3.13. The van der Waals surface area contributed by atoms with Gasteiger partial charge in [-0.2, -0.15) is 0 Å². The largest absolute Gasteiger partial charge is 0.246 e. The highest BCUT2D eigenvalue weighted by molar-refractivity contribution is 9.09. The number of sulfonamides is 1. The van der Waals surface area contributed by atoms with Crippen LogP contribution in [0, 0.1) is 17.5 Å². The minimum atomic E-state index is -4.44. The number of rotatable bonds is 4. The molecule has 0 spiro atoms. The highest BCUT2D eigenvalue weighted by atomic mass is 79.9. The highest BCUT2D eigenvalue weighted by Gasteiger charge is 2.33. The molecule has 1 rings (SSSR count). The van der Waals surface area contributed by atoms with Crippen molar-refractivity contribution >= 4 is 26.0 Å². The number of benzene rings is 1. The van der Waals surface area contributed by atoms with E-state index in [1.165, 1.54) is 0 Å². The Bertz CT molecular complexity index is 565. The van der Waals surface area contributed by atoms with Crippen LogP contribution in [0.4, 0.5) is 13.2 Å². The molecule has 0 aliphatic rings. The van der Waals surface area contributed by atoms with Gasteiger partial charge in [0.25, 0.3) is 0 Å². The molecule has 0 aliphatic carbocycles. The lowest BCUT2D eigenvalue weighted by Gasteiger charge is -2.28. The quantitative estimate of drug-likeness (QED) is 0.840. The second-order valence-corrected chi connectivity index (χ2v) is 7.63. The first-order chi connectivity index (χ1) is 8.47. The molecule has 108 valence electrons. The zero-order valence-corrected chi connectivity index (χ0v) is 12.9. The molecule has 19 heavy (non-hydrogen) atoms. The van der Waals surface area contributed by atoms with Gasteiger partial charge < -0.3 is 0 Å². The average molecular weight is 360 g/mol. The van der Waals surface area contributed by atoms with Crippen molar-refractivity contribution in [2.24, 2.45) is 0 Å². The van der Waals surface area contributed by atoms with Crippen LogP contribution >= 0.6 is 15.9 Å². The molecule has 0 fully saturated rings. The number of hydrogen-bond acceptors (Lipinski definition) is 2. The number of hydrogen-bond donors (Lipinski definition) is 1. The Morgan fingerprint density at radius 1 is 1.21 bits per heavy atom. The molecule has 0 heterocycles. The third-order valence-electron chi connectivity index (χ3n) is 2.62. The van der Waals surface area contributed by atoms with Gasteiger partial charge >= 0.3 is 0 Å². The molecule has 1 aromatic rings. The van der Waals surface area contributed by atoms with Crippen molar-refractivity contribution in [1.29, 1.82) is 0 Å². The van der Waals surface area contributed by atoms with Crippen LogP contribution in [0.25, 0.3) is 0 Å². The van der Waals surface area contributed by atoms with Crippen molar-refractivity contribution in [3.8, 4) is 0 Å². The molecule has 1 atom stereocenters. The van der Waals surface area contributed by atoms with Gasteiger partial charge in [0.1, 0.15) is 17.5 Å². The van der Waals surface area contributed by atoms with Crippen LogP contribution in [0.5, 0.6) is 0 Å². The monoisotopic (exact) mass is 359 g/mol. The Balaban J connectivity index is 3.30. The lowest BCUT2D eigenvalue weighted by molar-refractivity contribution is 0.443. The van der Waals surface area contributed by atoms with E-state index in [9.17, 15) is 21.6 Å². The van der Waals surface area contributed by atoms with Crippen molar-refractivity contribution in [2.45, 2.75) is 36.0 Å². The average Bonchev–Trinajstić information content (AvgIpc) is 2.12. The fourth-order valence-electron chi connectivity index (χ4n) is 1.26. The van der Waals surface area contributed by atoms with Gasteiger partial charge in [0.05, 0.1) is 0 Å². The van der Waals surface area contributed by atoms with Crippen LogP contribution < -0.4 is 4.72 Å². The maximum absolute atomic E-state index is 13.5. The van der Waals surface area contributed by atoms with Gasteiger partial charge in [-0.3, -0.25) is 0 Å². The second-order valence-electron chi connectivity index (χ2n) is 4.64. The highest BCUT2D eigenvalue weighted by Crippen LogP contribution is 2.24. The molecule has 0 saturated heterocycles. The van der Waals surface area contributed by atoms with Crippen molar-refractivity contribution in [3.63, 3.8) is 0 Å². The first kappa shape index (κ1) is 16.5. The SMILES string of the molecule is CC(Br)C(C)(C)NS(=O)(=O)c1c(F)cc(F)cc1F. The normalized spacial score (nSPS) is 14.5. The first-order valence-corrected chi connectivity index (χ1v) is 7.70. The molecular weight excluding hydrogens is 347 g/mol. The minimum Gasteiger partial charge on any atom is -0.207 e. The Hall–Kier alpha value is -0.600. The fraction of sp³-hybridized carbons (Fsp3) is 0.455. The summed E-state index contributed by atoms with van der Waals surface area (Å²) in [5.74, 6) is -4.12. The lowest BCUT2D eigenvalue weighted by Crippen LogP contribution is -2.49. The Morgan fingerprint density at radius 2 is 1.63 bits per heavy atom. The van der Waals surface area contributed by atoms with Crippen molar-refractivity contribution < 1.29 is 21.6 Å². The van der Waals surface area contributed by atoms with E-state index >= 15 is 0 Å². The van der Waals surface area contributed by atoms with Crippen LogP contribution in [-0.4, -0.2) is 18.8 Å². The molecule has 1 unspecified atom stereocenters. The van der Waals surface area contributed by atoms with E-state index < -0.39 is 37.9 Å². The molecule has 0 aliphatic heterocycles. The van der Waals surface area contributed by atoms with E-state index in [-0.39, 0.29) is 4.83 Å². The molecule has 8 heteroatoms. The summed E-state index contributed by atoms with van der Waals surface area (Å²) in [5.41, 5.74) is -0.980.